The molecule has 5 rings (SSSR count). The third kappa shape index (κ3) is 5.01. The molecule has 7 nitrogen and oxygen atoms in total. The first kappa shape index (κ1) is 28.9. The van der Waals surface area contributed by atoms with Gasteiger partial charge in [-0.1, -0.05) is 0 Å². The first-order valence-electron chi connectivity index (χ1n) is 13.0. The predicted octanol–water partition coefficient (Wildman–Crippen LogP) is 5.43. The summed E-state index contributed by atoms with van der Waals surface area (Å²) in [6, 6.07) is 39.4. The summed E-state index contributed by atoms with van der Waals surface area (Å²) in [5.41, 5.74) is -0.185. The fraction of sp³-hybridized carbons (Fsp3) is 0.0303. The molecule has 0 atom stereocenters. The van der Waals surface area contributed by atoms with E-state index in [4.69, 9.17) is 3.97 Å². The van der Waals surface area contributed by atoms with Crippen molar-refractivity contribution < 1.29 is 32.2 Å². The van der Waals surface area contributed by atoms with Gasteiger partial charge in [0.15, 0.2) is 0 Å². The molecule has 0 aliphatic carbocycles. The minimum atomic E-state index is -4.96. The van der Waals surface area contributed by atoms with Crippen molar-refractivity contribution in [2.24, 2.45) is 0 Å². The van der Waals surface area contributed by atoms with Crippen molar-refractivity contribution >= 4 is 44.8 Å². The summed E-state index contributed by atoms with van der Waals surface area (Å²) in [4.78, 5) is 23.3. The summed E-state index contributed by atoms with van der Waals surface area (Å²) in [6.45, 7) is -4.60. The molecule has 0 fully saturated rings. The number of carbonyl (C=O) groups is 2. The fourth-order valence-electron chi connectivity index (χ4n) is 5.33. The van der Waals surface area contributed by atoms with Crippen molar-refractivity contribution in [1.29, 1.82) is 0 Å². The Morgan fingerprint density at radius 1 is 0.595 bits per heavy atom. The molecule has 0 amide bonds. The molecular formula is C33H27O7PS. The van der Waals surface area contributed by atoms with Gasteiger partial charge in [0.2, 0.25) is 0 Å². The fourth-order valence-corrected chi connectivity index (χ4v) is 14.1. The third-order valence-electron chi connectivity index (χ3n) is 7.23. The summed E-state index contributed by atoms with van der Waals surface area (Å²) < 4.78 is 36.0. The average Bonchev–Trinajstić information content (AvgIpc) is 3.02. The van der Waals surface area contributed by atoms with Crippen molar-refractivity contribution in [2.45, 2.75) is 11.1 Å². The Kier molecular flexibility index (Phi) is 7.80. The zero-order chi connectivity index (χ0) is 29.8. The second kappa shape index (κ2) is 11.3. The second-order valence-corrected chi connectivity index (χ2v) is 15.9. The molecular weight excluding hydrogens is 571 g/mol. The van der Waals surface area contributed by atoms with E-state index >= 15 is 0 Å². The molecule has 0 saturated heterocycles. The molecule has 0 spiro atoms. The van der Waals surface area contributed by atoms with Crippen molar-refractivity contribution in [3.63, 3.8) is 0 Å². The first-order chi connectivity index (χ1) is 20.2. The summed E-state index contributed by atoms with van der Waals surface area (Å²) >= 11 is 0. The van der Waals surface area contributed by atoms with Crippen LogP contribution in [0.3, 0.4) is 0 Å². The molecule has 0 radical (unpaired) electrons. The Labute approximate surface area is 243 Å². The average molecular weight is 599 g/mol. The van der Waals surface area contributed by atoms with Crippen LogP contribution in [0.1, 0.15) is 26.3 Å². The van der Waals surface area contributed by atoms with Crippen LogP contribution in [0.2, 0.25) is 0 Å². The summed E-state index contributed by atoms with van der Waals surface area (Å²) in [5, 5.41) is 21.4. The van der Waals surface area contributed by atoms with Crippen molar-refractivity contribution in [3.8, 4) is 0 Å². The van der Waals surface area contributed by atoms with Crippen LogP contribution in [0.15, 0.2) is 144 Å². The van der Waals surface area contributed by atoms with E-state index in [1.165, 1.54) is 0 Å². The Hall–Kier alpha value is -4.62. The first-order valence-corrected chi connectivity index (χ1v) is 16.7. The zero-order valence-corrected chi connectivity index (χ0v) is 24.0. The van der Waals surface area contributed by atoms with Gasteiger partial charge in [0, 0.05) is 0 Å². The molecule has 42 heavy (non-hydrogen) atoms. The van der Waals surface area contributed by atoms with Crippen LogP contribution < -0.4 is 15.9 Å². The van der Waals surface area contributed by atoms with Gasteiger partial charge in [-0.25, -0.2) is 0 Å². The number of hydrogen-bond donors (Lipinski definition) is 2. The minimum absolute atomic E-state index is 0.116. The van der Waals surface area contributed by atoms with Gasteiger partial charge in [0.1, 0.15) is 0 Å². The molecule has 0 aliphatic heterocycles. The number of carboxylic acid groups (broad SMARTS) is 2. The molecule has 2 N–H and O–H groups in total. The van der Waals surface area contributed by atoms with Gasteiger partial charge in [-0.2, -0.15) is 0 Å². The van der Waals surface area contributed by atoms with Crippen LogP contribution in [0.5, 0.6) is 0 Å². The van der Waals surface area contributed by atoms with E-state index in [9.17, 15) is 28.2 Å². The van der Waals surface area contributed by atoms with Crippen LogP contribution in [-0.4, -0.2) is 30.6 Å². The normalized spacial score (nSPS) is 12.6. The molecule has 5 aromatic carbocycles. The second-order valence-electron chi connectivity index (χ2n) is 9.71. The Bertz CT molecular complexity index is 1750. The number of hydrogen-bond acceptors (Lipinski definition) is 5. The molecule has 5 aromatic rings. The van der Waals surface area contributed by atoms with E-state index in [0.717, 1.165) is 23.8 Å². The van der Waals surface area contributed by atoms with Crippen molar-refractivity contribution in [2.75, 3.05) is 0 Å². The van der Waals surface area contributed by atoms with Gasteiger partial charge < -0.3 is 0 Å². The van der Waals surface area contributed by atoms with Gasteiger partial charge >= 0.3 is 244 Å². The summed E-state index contributed by atoms with van der Waals surface area (Å²) in [6.07, 6.45) is 0.116. The Morgan fingerprint density at radius 3 is 1.43 bits per heavy atom. The van der Waals surface area contributed by atoms with Crippen LogP contribution >= 0.6 is 6.83 Å². The van der Waals surface area contributed by atoms with Crippen LogP contribution in [-0.2, 0) is 20.3 Å². The molecule has 0 aliphatic rings. The van der Waals surface area contributed by atoms with Crippen LogP contribution in [0, 0.1) is 0 Å². The molecule has 0 aromatic heterocycles. The number of rotatable bonds is 10. The molecule has 0 bridgehead atoms. The standard InChI is InChI=1S/C33H27O7PS/c34-32(35)26-21-22-30(33(36)37)31(23-26)42(38,39)40-41(27-15-7-2-8-16-27,28-17-9-3-10-18-28,29-19-11-4-12-20-29)24-25-13-5-1-6-14-25/h1-23H,24H2,(H,34,35)(H,36,37). The van der Waals surface area contributed by atoms with E-state index in [-0.39, 0.29) is 11.7 Å². The van der Waals surface area contributed by atoms with E-state index in [1.807, 2.05) is 84.9 Å². The quantitative estimate of drug-likeness (QED) is 0.206. The van der Waals surface area contributed by atoms with E-state index in [2.05, 4.69) is 0 Å². The molecule has 9 heteroatoms. The van der Waals surface area contributed by atoms with Gasteiger partial charge in [-0.15, -0.1) is 0 Å². The van der Waals surface area contributed by atoms with Crippen molar-refractivity contribution in [1.82, 2.24) is 0 Å². The molecule has 0 unspecified atom stereocenters. The molecule has 0 heterocycles. The topological polar surface area (TPSA) is 118 Å². The van der Waals surface area contributed by atoms with Gasteiger partial charge in [-0.3, -0.25) is 0 Å². The van der Waals surface area contributed by atoms with E-state index in [1.54, 1.807) is 36.4 Å². The van der Waals surface area contributed by atoms with Gasteiger partial charge in [0.25, 0.3) is 0 Å². The van der Waals surface area contributed by atoms with Crippen LogP contribution in [0.25, 0.3) is 0 Å². The Morgan fingerprint density at radius 2 is 1.02 bits per heavy atom. The monoisotopic (exact) mass is 598 g/mol. The van der Waals surface area contributed by atoms with Gasteiger partial charge in [0.05, 0.1) is 0 Å². The van der Waals surface area contributed by atoms with Crippen molar-refractivity contribution in [3.05, 3.63) is 156 Å². The number of aromatic carboxylic acids is 2. The predicted molar refractivity (Wildman–Crippen MR) is 164 cm³/mol. The van der Waals surface area contributed by atoms with Crippen LogP contribution in [0.4, 0.5) is 0 Å². The number of benzene rings is 5. The molecule has 212 valence electrons. The third-order valence-corrected chi connectivity index (χ3v) is 15.3. The SMILES string of the molecule is O=C(O)c1ccc(C(=O)O)c(S(=O)(=O)OP(Cc2ccccc2)(c2ccccc2)(c2ccccc2)c2ccccc2)c1. The van der Waals surface area contributed by atoms with E-state index < -0.39 is 39.3 Å². The molecule has 0 saturated carbocycles. The maximum absolute atomic E-state index is 14.6. The van der Waals surface area contributed by atoms with Gasteiger partial charge in [-0.05, 0) is 0 Å². The summed E-state index contributed by atoms with van der Waals surface area (Å²) in [7, 11) is -4.96. The van der Waals surface area contributed by atoms with E-state index in [0.29, 0.717) is 15.9 Å². The zero-order valence-electron chi connectivity index (χ0n) is 22.3. The Balaban J connectivity index is 1.96. The number of carboxylic acids is 2. The maximum atomic E-state index is 14.6. The summed E-state index contributed by atoms with van der Waals surface area (Å²) in [5.74, 6) is -2.93.